The van der Waals surface area contributed by atoms with Crippen LogP contribution in [0.25, 0.3) is 0 Å². The standard InChI is InChI=1S/C4H9NO/c1-2-4-6-5-3-1/h5H,1-4H2/i/hD. The van der Waals surface area contributed by atoms with Gasteiger partial charge in [-0.25, -0.2) is 5.47 Å². The molecule has 0 aliphatic carbocycles. The minimum absolute atomic E-state index is 0.726. The molecule has 1 rings (SSSR count). The van der Waals surface area contributed by atoms with Crippen molar-refractivity contribution in [3.63, 3.8) is 0 Å². The molecule has 0 aromatic carbocycles. The van der Waals surface area contributed by atoms with Crippen LogP contribution in [0, 0.1) is 0 Å². The van der Waals surface area contributed by atoms with Gasteiger partial charge in [-0.3, -0.25) is 0 Å². The van der Waals surface area contributed by atoms with Crippen molar-refractivity contribution in [1.29, 1.82) is 0 Å². The summed E-state index contributed by atoms with van der Waals surface area (Å²) in [6.45, 7) is 1.49. The van der Waals surface area contributed by atoms with Crippen LogP contribution >= 0.6 is 0 Å². The maximum Gasteiger partial charge on any atom is 0.155 e. The van der Waals surface area contributed by atoms with Crippen LogP contribution in [0.3, 0.4) is 0 Å². The molecule has 1 saturated heterocycles. The van der Waals surface area contributed by atoms with Crippen molar-refractivity contribution in [3.05, 3.63) is 0 Å². The molecule has 2 nitrogen and oxygen atoms in total. The zero-order valence-electron chi connectivity index (χ0n) is 4.68. The molecule has 36 valence electrons. The Morgan fingerprint density at radius 2 is 2.67 bits per heavy atom. The van der Waals surface area contributed by atoms with Gasteiger partial charge in [-0.05, 0) is 12.8 Å². The molecule has 1 heterocycles. The van der Waals surface area contributed by atoms with E-state index >= 15 is 0 Å². The summed E-state index contributed by atoms with van der Waals surface area (Å²) in [5, 5.41) is 0. The highest BCUT2D eigenvalue weighted by Gasteiger charge is 1.93. The molecule has 0 unspecified atom stereocenters. The summed E-state index contributed by atoms with van der Waals surface area (Å²) in [6.07, 6.45) is 2.21. The molecule has 0 radical (unpaired) electrons. The second-order valence-corrected chi connectivity index (χ2v) is 1.39. The van der Waals surface area contributed by atoms with Crippen LogP contribution in [0.15, 0.2) is 0 Å². The fourth-order valence-corrected chi connectivity index (χ4v) is 0.472. The van der Waals surface area contributed by atoms with E-state index in [9.17, 15) is 0 Å². The molecule has 0 spiro atoms. The van der Waals surface area contributed by atoms with Crippen molar-refractivity contribution in [1.82, 2.24) is 5.47 Å². The number of nitrogens with one attached hydrogen (secondary N) is 1. The lowest BCUT2D eigenvalue weighted by atomic mass is 10.3. The lowest BCUT2D eigenvalue weighted by Gasteiger charge is -2.09. The fourth-order valence-electron chi connectivity index (χ4n) is 0.472. The van der Waals surface area contributed by atoms with Gasteiger partial charge in [0.2, 0.25) is 0 Å². The summed E-state index contributed by atoms with van der Waals surface area (Å²) < 4.78 is 6.88. The maximum atomic E-state index is 6.88. The van der Waals surface area contributed by atoms with E-state index in [0.29, 0.717) is 0 Å². The van der Waals surface area contributed by atoms with E-state index in [2.05, 4.69) is 0 Å². The third-order valence-electron chi connectivity index (χ3n) is 0.826. The van der Waals surface area contributed by atoms with E-state index in [1.54, 1.807) is 0 Å². The molecular formula is C4H9NO. The topological polar surface area (TPSA) is 21.3 Å². The highest BCUT2D eigenvalue weighted by Crippen LogP contribution is 1.91. The van der Waals surface area contributed by atoms with Crippen LogP contribution in [0.1, 0.15) is 12.8 Å². The van der Waals surface area contributed by atoms with E-state index in [4.69, 9.17) is 6.25 Å². The van der Waals surface area contributed by atoms with Crippen molar-refractivity contribution in [2.45, 2.75) is 12.8 Å². The largest absolute Gasteiger partial charge is 0.302 e. The second kappa shape index (κ2) is 2.16. The molecule has 0 aromatic heterocycles. The van der Waals surface area contributed by atoms with Gasteiger partial charge < -0.3 is 4.84 Å². The monoisotopic (exact) mass is 88.1 g/mol. The Morgan fingerprint density at radius 1 is 1.67 bits per heavy atom. The summed E-state index contributed by atoms with van der Waals surface area (Å²) in [7, 11) is 0. The Morgan fingerprint density at radius 3 is 3.00 bits per heavy atom. The Labute approximate surface area is 38.9 Å². The van der Waals surface area contributed by atoms with E-state index in [1.165, 1.54) is 0 Å². The van der Waals surface area contributed by atoms with Crippen molar-refractivity contribution in [3.8, 4) is 0 Å². The van der Waals surface area contributed by atoms with Crippen LogP contribution in [0.5, 0.6) is 0 Å². The second-order valence-electron chi connectivity index (χ2n) is 1.39. The average Bonchev–Trinajstić information content (AvgIpc) is 1.69. The van der Waals surface area contributed by atoms with Gasteiger partial charge in [0.15, 0.2) is 1.41 Å². The van der Waals surface area contributed by atoms with Crippen molar-refractivity contribution in [2.75, 3.05) is 13.2 Å². The predicted octanol–water partition coefficient (Wildman–Crippen LogP) is 0.301. The lowest BCUT2D eigenvalue weighted by molar-refractivity contribution is 0.0128. The van der Waals surface area contributed by atoms with Gasteiger partial charge >= 0.3 is 0 Å². The zero-order valence-corrected chi connectivity index (χ0v) is 3.68. The number of hydroxylamine groups is 1. The molecule has 1 aliphatic heterocycles. The van der Waals surface area contributed by atoms with Crippen molar-refractivity contribution in [2.24, 2.45) is 0 Å². The molecule has 1 aliphatic rings. The maximum absolute atomic E-state index is 6.88. The molecule has 0 amide bonds. The average molecular weight is 88.1 g/mol. The third-order valence-corrected chi connectivity index (χ3v) is 0.826. The third kappa shape index (κ3) is 0.954. The molecule has 0 aromatic rings. The van der Waals surface area contributed by atoms with Crippen LogP contribution in [-0.2, 0) is 4.84 Å². The molecule has 1 N–H and O–H groups in total. The summed E-state index contributed by atoms with van der Waals surface area (Å²) in [5.74, 6) is 0. The number of hydrogen-bond acceptors (Lipinski definition) is 2. The first-order chi connectivity index (χ1) is 3.39. The first kappa shape index (κ1) is 2.99. The van der Waals surface area contributed by atoms with E-state index in [1.807, 2.05) is 0 Å². The first-order valence-corrected chi connectivity index (χ1v) is 2.29. The van der Waals surface area contributed by atoms with Gasteiger partial charge in [0, 0.05) is 6.54 Å². The smallest absolute Gasteiger partial charge is 0.155 e. The van der Waals surface area contributed by atoms with Crippen LogP contribution < -0.4 is 5.47 Å². The molecule has 0 atom stereocenters. The summed E-state index contributed by atoms with van der Waals surface area (Å²) >= 11 is 0. The SMILES string of the molecule is [2H]N1CCCCO1. The van der Waals surface area contributed by atoms with Crippen LogP contribution in [0.2, 0.25) is 1.41 Å². The molecule has 0 bridgehead atoms. The Bertz CT molecular complexity index is 53.7. The molecule has 0 saturated carbocycles. The van der Waals surface area contributed by atoms with E-state index in [-0.39, 0.29) is 0 Å². The highest BCUT2D eigenvalue weighted by atomic mass is 16.6. The fraction of sp³-hybridized carbons (Fsp3) is 1.00. The summed E-state index contributed by atoms with van der Waals surface area (Å²) in [6, 6.07) is 0. The predicted molar refractivity (Wildman–Crippen MR) is 23.2 cm³/mol. The lowest BCUT2D eigenvalue weighted by Crippen LogP contribution is -2.22. The highest BCUT2D eigenvalue weighted by molar-refractivity contribution is 4.43. The minimum atomic E-state index is 0.726. The molecule has 2 heteroatoms. The minimum Gasteiger partial charge on any atom is -0.302 e. The Hall–Kier alpha value is -0.0800. The number of hydrogen-bond donors (Lipinski definition) is 1. The summed E-state index contributed by atoms with van der Waals surface area (Å²) in [4.78, 5) is 4.78. The van der Waals surface area contributed by atoms with Crippen molar-refractivity contribution < 1.29 is 6.25 Å². The summed E-state index contributed by atoms with van der Waals surface area (Å²) in [5.41, 5.74) is 1.14. The van der Waals surface area contributed by atoms with Gasteiger partial charge in [-0.2, -0.15) is 0 Å². The van der Waals surface area contributed by atoms with Crippen LogP contribution in [-0.4, -0.2) is 13.2 Å². The quantitative estimate of drug-likeness (QED) is 0.460. The van der Waals surface area contributed by atoms with Gasteiger partial charge in [0.1, 0.15) is 0 Å². The molecule has 1 fully saturated rings. The normalized spacial score (nSPS) is 29.7. The van der Waals surface area contributed by atoms with Gasteiger partial charge in [-0.15, -0.1) is 0 Å². The Balaban J connectivity index is 2.12. The zero-order chi connectivity index (χ0) is 5.11. The van der Waals surface area contributed by atoms with Crippen molar-refractivity contribution >= 4 is 0 Å². The molecule has 6 heavy (non-hydrogen) atoms. The van der Waals surface area contributed by atoms with Crippen LogP contribution in [0.4, 0.5) is 0 Å². The van der Waals surface area contributed by atoms with Gasteiger partial charge in [0.25, 0.3) is 0 Å². The molecular weight excluding hydrogens is 78.0 g/mol. The van der Waals surface area contributed by atoms with Gasteiger partial charge in [-0.1, -0.05) is 0 Å². The van der Waals surface area contributed by atoms with E-state index in [0.717, 1.165) is 31.5 Å². The first-order valence-electron chi connectivity index (χ1n) is 2.73. The Kier molecular flexibility index (Phi) is 1.08. The van der Waals surface area contributed by atoms with E-state index < -0.39 is 0 Å². The number of rotatable bonds is 0. The van der Waals surface area contributed by atoms with Gasteiger partial charge in [0.05, 0.1) is 6.61 Å².